The van der Waals surface area contributed by atoms with E-state index in [1.807, 2.05) is 30.3 Å². The highest BCUT2D eigenvalue weighted by atomic mass is 16.5. The summed E-state index contributed by atoms with van der Waals surface area (Å²) in [4.78, 5) is 11.8. The Morgan fingerprint density at radius 1 is 1.24 bits per heavy atom. The van der Waals surface area contributed by atoms with Gasteiger partial charge in [0.1, 0.15) is 0 Å². The molecular formula is C15H24BNO4. The van der Waals surface area contributed by atoms with E-state index in [-0.39, 0.29) is 18.8 Å². The fraction of sp³-hybridized carbons (Fsp3) is 0.533. The van der Waals surface area contributed by atoms with Crippen molar-refractivity contribution < 1.29 is 19.6 Å². The lowest BCUT2D eigenvalue weighted by molar-refractivity contribution is -0.120. The molecule has 116 valence electrons. The zero-order valence-electron chi connectivity index (χ0n) is 13.1. The van der Waals surface area contributed by atoms with Crippen LogP contribution in [0.3, 0.4) is 0 Å². The number of carbonyl (C=O) groups is 1. The van der Waals surface area contributed by atoms with Crippen LogP contribution in [-0.4, -0.2) is 40.8 Å². The molecule has 5 nitrogen and oxygen atoms in total. The van der Waals surface area contributed by atoms with Crippen LogP contribution in [0.2, 0.25) is 0 Å². The second-order valence-corrected chi connectivity index (χ2v) is 6.11. The van der Waals surface area contributed by atoms with E-state index < -0.39 is 18.3 Å². The smallest absolute Gasteiger partial charge is 0.426 e. The quantitative estimate of drug-likeness (QED) is 0.654. The molecule has 21 heavy (non-hydrogen) atoms. The minimum absolute atomic E-state index is 0.0226. The Morgan fingerprint density at radius 3 is 2.33 bits per heavy atom. The molecule has 1 aromatic rings. The summed E-state index contributed by atoms with van der Waals surface area (Å²) in [5.74, 6) is -0.190. The van der Waals surface area contributed by atoms with Crippen LogP contribution in [-0.2, 0) is 15.9 Å². The van der Waals surface area contributed by atoms with Crippen LogP contribution in [0.25, 0.3) is 0 Å². The molecule has 0 saturated heterocycles. The molecule has 1 aromatic carbocycles. The molecule has 0 aliphatic rings. The van der Waals surface area contributed by atoms with Crippen molar-refractivity contribution in [3.63, 3.8) is 0 Å². The Bertz CT molecular complexity index is 456. The number of benzene rings is 1. The lowest BCUT2D eigenvalue weighted by Crippen LogP contribution is -2.52. The second kappa shape index (κ2) is 7.07. The molecule has 6 heteroatoms. The number of hydrogen-bond acceptors (Lipinski definition) is 4. The van der Waals surface area contributed by atoms with Crippen LogP contribution >= 0.6 is 0 Å². The van der Waals surface area contributed by atoms with Crippen LogP contribution in [0.15, 0.2) is 30.3 Å². The summed E-state index contributed by atoms with van der Waals surface area (Å²) in [6, 6.07) is 9.35. The highest BCUT2D eigenvalue weighted by Gasteiger charge is 2.38. The summed E-state index contributed by atoms with van der Waals surface area (Å²) in [6.45, 7) is 6.57. The third kappa shape index (κ3) is 5.87. The van der Waals surface area contributed by atoms with Gasteiger partial charge in [-0.2, -0.15) is 0 Å². The number of nitrogens with one attached hydrogen (secondary N) is 1. The van der Waals surface area contributed by atoms with Crippen LogP contribution in [0.4, 0.5) is 0 Å². The van der Waals surface area contributed by atoms with Crippen LogP contribution in [0.5, 0.6) is 0 Å². The van der Waals surface area contributed by atoms with Crippen molar-refractivity contribution >= 4 is 13.0 Å². The Hall–Kier alpha value is -1.37. The van der Waals surface area contributed by atoms with Gasteiger partial charge in [-0.15, -0.1) is 0 Å². The Balaban J connectivity index is 2.39. The topological polar surface area (TPSA) is 78.8 Å². The molecule has 1 rings (SSSR count). The molecule has 0 atom stereocenters. The average molecular weight is 293 g/mol. The second-order valence-electron chi connectivity index (χ2n) is 6.11. The molecule has 1 amide bonds. The van der Waals surface area contributed by atoms with Crippen molar-refractivity contribution in [2.24, 2.45) is 0 Å². The number of carbonyl (C=O) groups excluding carboxylic acids is 1. The van der Waals surface area contributed by atoms with Gasteiger partial charge in [-0.05, 0) is 33.3 Å². The molecular weight excluding hydrogens is 269 g/mol. The largest absolute Gasteiger partial charge is 0.475 e. The predicted octanol–water partition coefficient (Wildman–Crippen LogP) is 0.931. The minimum atomic E-state index is -1.17. The molecule has 0 saturated carbocycles. The molecule has 0 heterocycles. The van der Waals surface area contributed by atoms with Gasteiger partial charge in [-0.1, -0.05) is 30.3 Å². The fourth-order valence-corrected chi connectivity index (χ4v) is 1.57. The van der Waals surface area contributed by atoms with Crippen LogP contribution in [0, 0.1) is 0 Å². The lowest BCUT2D eigenvalue weighted by Gasteiger charge is -2.38. The first kappa shape index (κ1) is 17.7. The van der Waals surface area contributed by atoms with Crippen molar-refractivity contribution in [3.8, 4) is 0 Å². The normalized spacial score (nSPS) is 12.1. The summed E-state index contributed by atoms with van der Waals surface area (Å²) < 4.78 is 5.39. The van der Waals surface area contributed by atoms with Gasteiger partial charge in [-0.25, -0.2) is 0 Å². The maximum Gasteiger partial charge on any atom is 0.475 e. The number of amides is 1. The first-order valence-electron chi connectivity index (χ1n) is 7.01. The van der Waals surface area contributed by atoms with Gasteiger partial charge in [0.15, 0.2) is 0 Å². The molecule has 0 aliphatic carbocycles. The van der Waals surface area contributed by atoms with Gasteiger partial charge < -0.3 is 20.1 Å². The molecule has 0 fully saturated rings. The van der Waals surface area contributed by atoms with E-state index in [9.17, 15) is 14.9 Å². The van der Waals surface area contributed by atoms with E-state index in [2.05, 4.69) is 5.32 Å². The van der Waals surface area contributed by atoms with Crippen molar-refractivity contribution in [2.75, 3.05) is 6.44 Å². The number of hydrogen-bond donors (Lipinski definition) is 3. The minimum Gasteiger partial charge on any atom is -0.426 e. The number of aliphatic hydroxyl groups is 1. The molecule has 0 aliphatic heterocycles. The molecule has 3 N–H and O–H groups in total. The van der Waals surface area contributed by atoms with Gasteiger partial charge in [0.2, 0.25) is 5.91 Å². The standard InChI is InChI=1S/C15H24BNO4/c1-14(2,19)15(3,4)21-16(20)11-17-13(18)10-12-8-6-5-7-9-12/h5-9,19-20H,10-11H2,1-4H3,(H,17,18). The monoisotopic (exact) mass is 293 g/mol. The van der Waals surface area contributed by atoms with Gasteiger partial charge in [0, 0.05) is 0 Å². The zero-order valence-corrected chi connectivity index (χ0v) is 13.1. The van der Waals surface area contributed by atoms with Gasteiger partial charge in [0.05, 0.1) is 24.1 Å². The summed E-state index contributed by atoms with van der Waals surface area (Å²) in [5, 5.41) is 22.4. The zero-order chi connectivity index (χ0) is 16.1. The number of rotatable bonds is 7. The molecule has 0 radical (unpaired) electrons. The molecule has 0 unspecified atom stereocenters. The summed E-state index contributed by atoms with van der Waals surface area (Å²) in [6.07, 6.45) is 0.230. The summed E-state index contributed by atoms with van der Waals surface area (Å²) in [5.41, 5.74) is -1.14. The first-order valence-corrected chi connectivity index (χ1v) is 7.01. The van der Waals surface area contributed by atoms with E-state index in [1.54, 1.807) is 27.7 Å². The van der Waals surface area contributed by atoms with Crippen LogP contribution < -0.4 is 5.32 Å². The highest BCUT2D eigenvalue weighted by molar-refractivity contribution is 6.43. The van der Waals surface area contributed by atoms with Gasteiger partial charge >= 0.3 is 7.12 Å². The van der Waals surface area contributed by atoms with E-state index in [4.69, 9.17) is 4.65 Å². The maximum atomic E-state index is 11.8. The molecule has 0 spiro atoms. The third-order valence-corrected chi connectivity index (χ3v) is 3.59. The summed E-state index contributed by atoms with van der Waals surface area (Å²) >= 11 is 0. The lowest BCUT2D eigenvalue weighted by atomic mass is 9.83. The van der Waals surface area contributed by atoms with E-state index >= 15 is 0 Å². The predicted molar refractivity (Wildman–Crippen MR) is 82.6 cm³/mol. The van der Waals surface area contributed by atoms with Crippen molar-refractivity contribution in [2.45, 2.75) is 45.3 Å². The SMILES string of the molecule is CC(C)(O)C(C)(C)OB(O)CNC(=O)Cc1ccccc1. The van der Waals surface area contributed by atoms with Gasteiger partial charge in [-0.3, -0.25) is 4.79 Å². The van der Waals surface area contributed by atoms with Crippen LogP contribution in [0.1, 0.15) is 33.3 Å². The van der Waals surface area contributed by atoms with E-state index in [0.717, 1.165) is 5.56 Å². The Labute approximate surface area is 126 Å². The van der Waals surface area contributed by atoms with Crippen molar-refractivity contribution in [1.29, 1.82) is 0 Å². The Kier molecular flexibility index (Phi) is 5.95. The Morgan fingerprint density at radius 2 is 1.81 bits per heavy atom. The van der Waals surface area contributed by atoms with Crippen molar-refractivity contribution in [1.82, 2.24) is 5.32 Å². The van der Waals surface area contributed by atoms with Gasteiger partial charge in [0.25, 0.3) is 0 Å². The van der Waals surface area contributed by atoms with E-state index in [0.29, 0.717) is 0 Å². The first-order chi connectivity index (χ1) is 9.62. The summed E-state index contributed by atoms with van der Waals surface area (Å²) in [7, 11) is -1.17. The maximum absolute atomic E-state index is 11.8. The fourth-order valence-electron chi connectivity index (χ4n) is 1.57. The highest BCUT2D eigenvalue weighted by Crippen LogP contribution is 2.25. The average Bonchev–Trinajstić information content (AvgIpc) is 2.36. The van der Waals surface area contributed by atoms with E-state index in [1.165, 1.54) is 0 Å². The molecule has 0 bridgehead atoms. The molecule has 0 aromatic heterocycles. The van der Waals surface area contributed by atoms with Crippen molar-refractivity contribution in [3.05, 3.63) is 35.9 Å². The third-order valence-electron chi connectivity index (χ3n) is 3.59.